The summed E-state index contributed by atoms with van der Waals surface area (Å²) >= 11 is 1.25. The molecule has 2 aliphatic rings. The van der Waals surface area contributed by atoms with Crippen LogP contribution in [0, 0.1) is 12.7 Å². The minimum absolute atomic E-state index is 0.0355. The van der Waals surface area contributed by atoms with Gasteiger partial charge in [-0.3, -0.25) is 9.69 Å². The molecule has 3 heterocycles. The van der Waals surface area contributed by atoms with Crippen molar-refractivity contribution >= 4 is 17.4 Å². The maximum Gasteiger partial charge on any atom is 0.275 e. The molecule has 0 bridgehead atoms. The van der Waals surface area contributed by atoms with Gasteiger partial charge in [-0.05, 0) is 30.9 Å². The van der Waals surface area contributed by atoms with Gasteiger partial charge in [0.15, 0.2) is 5.69 Å². The summed E-state index contributed by atoms with van der Waals surface area (Å²) in [4.78, 5) is 17.7. The Morgan fingerprint density at radius 2 is 2.19 bits per heavy atom. The molecule has 1 aromatic heterocycles. The molecule has 2 aliphatic heterocycles. The first-order valence-electron chi connectivity index (χ1n) is 8.79. The Morgan fingerprint density at radius 1 is 1.35 bits per heavy atom. The van der Waals surface area contributed by atoms with E-state index in [0.29, 0.717) is 24.3 Å². The summed E-state index contributed by atoms with van der Waals surface area (Å²) < 4.78 is 23.5. The van der Waals surface area contributed by atoms with E-state index in [2.05, 4.69) is 14.5 Å². The number of piperazine rings is 1. The Labute approximate surface area is 155 Å². The van der Waals surface area contributed by atoms with Gasteiger partial charge in [0.05, 0.1) is 17.6 Å². The van der Waals surface area contributed by atoms with E-state index in [-0.39, 0.29) is 30.5 Å². The van der Waals surface area contributed by atoms with Crippen molar-refractivity contribution < 1.29 is 13.9 Å². The summed E-state index contributed by atoms with van der Waals surface area (Å²) in [5, 5.41) is 3.97. The number of aromatic nitrogens is 2. The number of amides is 1. The van der Waals surface area contributed by atoms with Gasteiger partial charge in [-0.2, -0.15) is 0 Å². The normalized spacial score (nSPS) is 23.2. The number of nitrogens with zero attached hydrogens (tertiary/aromatic N) is 4. The van der Waals surface area contributed by atoms with Crippen LogP contribution in [0.3, 0.4) is 0 Å². The highest BCUT2D eigenvalue weighted by Crippen LogP contribution is 2.26. The fraction of sp³-hybridized carbons (Fsp3) is 0.500. The summed E-state index contributed by atoms with van der Waals surface area (Å²) in [6.07, 6.45) is 0.921. The summed E-state index contributed by atoms with van der Waals surface area (Å²) in [6.45, 7) is 5.17. The van der Waals surface area contributed by atoms with Crippen molar-refractivity contribution in [2.24, 2.45) is 0 Å². The topological polar surface area (TPSA) is 58.6 Å². The quantitative estimate of drug-likeness (QED) is 0.818. The monoisotopic (exact) mass is 376 g/mol. The van der Waals surface area contributed by atoms with Crippen LogP contribution in [0.5, 0.6) is 0 Å². The first kappa shape index (κ1) is 17.5. The Bertz CT molecular complexity index is 799. The van der Waals surface area contributed by atoms with Crippen molar-refractivity contribution in [3.63, 3.8) is 0 Å². The molecule has 2 fully saturated rings. The molecule has 8 heteroatoms. The number of fused-ring (bicyclic) bond motifs is 1. The summed E-state index contributed by atoms with van der Waals surface area (Å²) in [7, 11) is 0. The molecule has 4 rings (SSSR count). The molecule has 1 amide bonds. The predicted octanol–water partition coefficient (Wildman–Crippen LogP) is 2.10. The summed E-state index contributed by atoms with van der Waals surface area (Å²) in [5.41, 5.74) is 1.05. The van der Waals surface area contributed by atoms with E-state index in [4.69, 9.17) is 4.74 Å². The maximum absolute atomic E-state index is 13.7. The zero-order chi connectivity index (χ0) is 18.1. The van der Waals surface area contributed by atoms with E-state index >= 15 is 0 Å². The Kier molecular flexibility index (Phi) is 4.97. The Morgan fingerprint density at radius 3 is 2.96 bits per heavy atom. The minimum Gasteiger partial charge on any atom is -0.372 e. The lowest BCUT2D eigenvalue weighted by atomic mass is 10.1. The highest BCUT2D eigenvalue weighted by atomic mass is 32.1. The van der Waals surface area contributed by atoms with E-state index in [1.807, 2.05) is 17.9 Å². The lowest BCUT2D eigenvalue weighted by Gasteiger charge is -2.36. The second kappa shape index (κ2) is 7.38. The van der Waals surface area contributed by atoms with E-state index in [1.54, 1.807) is 12.1 Å². The van der Waals surface area contributed by atoms with Crippen LogP contribution in [0.4, 0.5) is 4.39 Å². The van der Waals surface area contributed by atoms with E-state index in [1.165, 1.54) is 17.6 Å². The molecule has 1 aromatic carbocycles. The zero-order valence-corrected chi connectivity index (χ0v) is 15.4. The molecular weight excluding hydrogens is 355 g/mol. The Hall–Kier alpha value is -1.90. The molecule has 26 heavy (non-hydrogen) atoms. The molecule has 6 nitrogen and oxygen atoms in total. The molecule has 0 radical (unpaired) electrons. The minimum atomic E-state index is -0.229. The van der Waals surface area contributed by atoms with Gasteiger partial charge in [0.1, 0.15) is 5.82 Å². The van der Waals surface area contributed by atoms with Crippen LogP contribution in [0.1, 0.15) is 27.3 Å². The Balaban J connectivity index is 1.34. The number of hydrogen-bond donors (Lipinski definition) is 0. The lowest BCUT2D eigenvalue weighted by molar-refractivity contribution is 0.0437. The molecule has 0 unspecified atom stereocenters. The number of rotatable bonds is 4. The van der Waals surface area contributed by atoms with Gasteiger partial charge >= 0.3 is 0 Å². The van der Waals surface area contributed by atoms with Crippen molar-refractivity contribution in [3.05, 3.63) is 46.2 Å². The van der Waals surface area contributed by atoms with Crippen LogP contribution >= 0.6 is 11.5 Å². The molecule has 2 aromatic rings. The van der Waals surface area contributed by atoms with Crippen molar-refractivity contribution in [3.8, 4) is 0 Å². The molecule has 2 saturated heterocycles. The van der Waals surface area contributed by atoms with Crippen LogP contribution < -0.4 is 0 Å². The standard InChI is InChI=1S/C18H21FN4O2S/c1-12-17(20-21-26-12)18(24)23-7-6-22-10-15(8-14(22)9-23)25-11-13-4-2-3-5-16(13)19/h2-5,14-15H,6-11H2,1H3/t14-,15+/m0/s1. The summed E-state index contributed by atoms with van der Waals surface area (Å²) in [5.74, 6) is -0.265. The largest absolute Gasteiger partial charge is 0.372 e. The highest BCUT2D eigenvalue weighted by molar-refractivity contribution is 7.05. The molecule has 0 N–H and O–H groups in total. The molecular formula is C18H21FN4O2S. The van der Waals surface area contributed by atoms with Crippen LogP contribution in [0.25, 0.3) is 0 Å². The molecule has 0 aliphatic carbocycles. The smallest absolute Gasteiger partial charge is 0.275 e. The average molecular weight is 376 g/mol. The van der Waals surface area contributed by atoms with E-state index < -0.39 is 0 Å². The van der Waals surface area contributed by atoms with Gasteiger partial charge in [0.2, 0.25) is 0 Å². The molecule has 138 valence electrons. The average Bonchev–Trinajstić information content (AvgIpc) is 3.25. The molecule has 2 atom stereocenters. The second-order valence-corrected chi connectivity index (χ2v) is 7.80. The number of aryl methyl sites for hydroxylation is 1. The third-order valence-electron chi connectivity index (χ3n) is 5.15. The fourth-order valence-electron chi connectivity index (χ4n) is 3.70. The first-order valence-corrected chi connectivity index (χ1v) is 9.56. The fourth-order valence-corrected chi connectivity index (χ4v) is 4.16. The van der Waals surface area contributed by atoms with Crippen molar-refractivity contribution in [1.82, 2.24) is 19.4 Å². The maximum atomic E-state index is 13.7. The predicted molar refractivity (Wildman–Crippen MR) is 95.5 cm³/mol. The number of halogens is 1. The van der Waals surface area contributed by atoms with Crippen molar-refractivity contribution in [1.29, 1.82) is 0 Å². The van der Waals surface area contributed by atoms with E-state index in [9.17, 15) is 9.18 Å². The highest BCUT2D eigenvalue weighted by Gasteiger charge is 2.38. The summed E-state index contributed by atoms with van der Waals surface area (Å²) in [6, 6.07) is 6.99. The van der Waals surface area contributed by atoms with Gasteiger partial charge < -0.3 is 9.64 Å². The van der Waals surface area contributed by atoms with Gasteiger partial charge in [-0.15, -0.1) is 5.10 Å². The number of carbonyl (C=O) groups is 1. The third kappa shape index (κ3) is 3.49. The SMILES string of the molecule is Cc1snnc1C(=O)N1CCN2C[C@H](OCc3ccccc3F)C[C@H]2C1. The third-order valence-corrected chi connectivity index (χ3v) is 5.78. The van der Waals surface area contributed by atoms with Crippen molar-refractivity contribution in [2.45, 2.75) is 32.1 Å². The van der Waals surface area contributed by atoms with Crippen LogP contribution in [-0.4, -0.2) is 63.6 Å². The number of carbonyl (C=O) groups excluding carboxylic acids is 1. The van der Waals surface area contributed by atoms with Gasteiger partial charge in [-0.1, -0.05) is 22.7 Å². The lowest BCUT2D eigenvalue weighted by Crippen LogP contribution is -2.52. The number of benzene rings is 1. The first-order chi connectivity index (χ1) is 12.6. The van der Waals surface area contributed by atoms with Gasteiger partial charge in [-0.25, -0.2) is 4.39 Å². The second-order valence-electron chi connectivity index (χ2n) is 6.84. The van der Waals surface area contributed by atoms with Crippen LogP contribution in [0.15, 0.2) is 24.3 Å². The van der Waals surface area contributed by atoms with E-state index in [0.717, 1.165) is 24.4 Å². The molecule has 0 spiro atoms. The van der Waals surface area contributed by atoms with Crippen molar-refractivity contribution in [2.75, 3.05) is 26.2 Å². The molecule has 0 saturated carbocycles. The van der Waals surface area contributed by atoms with Gasteiger partial charge in [0.25, 0.3) is 5.91 Å². The zero-order valence-electron chi connectivity index (χ0n) is 14.6. The van der Waals surface area contributed by atoms with Gasteiger partial charge in [0, 0.05) is 37.8 Å². The van der Waals surface area contributed by atoms with Crippen LogP contribution in [-0.2, 0) is 11.3 Å². The number of hydrogen-bond acceptors (Lipinski definition) is 6. The number of ether oxygens (including phenoxy) is 1. The van der Waals surface area contributed by atoms with Crippen LogP contribution in [0.2, 0.25) is 0 Å².